The number of methoxy groups -OCH3 is 1. The van der Waals surface area contributed by atoms with E-state index in [1.165, 1.54) is 25.3 Å². The van der Waals surface area contributed by atoms with Crippen molar-refractivity contribution in [2.75, 3.05) is 7.11 Å². The van der Waals surface area contributed by atoms with Crippen molar-refractivity contribution in [2.45, 2.75) is 19.1 Å². The van der Waals surface area contributed by atoms with Crippen LogP contribution in [-0.4, -0.2) is 24.3 Å². The maximum absolute atomic E-state index is 11.0. The molecular formula is C11H11NO6. The van der Waals surface area contributed by atoms with Crippen LogP contribution < -0.4 is 9.47 Å². The van der Waals surface area contributed by atoms with E-state index in [0.29, 0.717) is 17.9 Å². The van der Waals surface area contributed by atoms with Gasteiger partial charge in [-0.05, 0) is 6.07 Å². The summed E-state index contributed by atoms with van der Waals surface area (Å²) in [5, 5.41) is 10.6. The molecule has 0 aromatic heterocycles. The van der Waals surface area contributed by atoms with Gasteiger partial charge in [0.2, 0.25) is 6.29 Å². The maximum Gasteiger partial charge on any atom is 0.305 e. The monoisotopic (exact) mass is 253 g/mol. The lowest BCUT2D eigenvalue weighted by molar-refractivity contribution is -0.384. The predicted octanol–water partition coefficient (Wildman–Crippen LogP) is 1.65. The second kappa shape index (κ2) is 4.91. The first-order valence-electron chi connectivity index (χ1n) is 5.28. The molecule has 0 amide bonds. The number of nitro benzene ring substituents is 1. The molecule has 1 heterocycles. The molecule has 96 valence electrons. The van der Waals surface area contributed by atoms with E-state index in [4.69, 9.17) is 9.47 Å². The second-order valence-corrected chi connectivity index (χ2v) is 3.67. The second-order valence-electron chi connectivity index (χ2n) is 3.67. The Bertz CT molecular complexity index is 486. The number of nitro groups is 1. The Hall–Kier alpha value is -2.31. The van der Waals surface area contributed by atoms with E-state index in [9.17, 15) is 14.9 Å². The quantitative estimate of drug-likeness (QED) is 0.460. The molecule has 1 aromatic carbocycles. The summed E-state index contributed by atoms with van der Waals surface area (Å²) >= 11 is 0. The fourth-order valence-electron chi connectivity index (χ4n) is 1.56. The van der Waals surface area contributed by atoms with Gasteiger partial charge in [0.05, 0.1) is 24.5 Å². The zero-order chi connectivity index (χ0) is 13.1. The Labute approximate surface area is 102 Å². The van der Waals surface area contributed by atoms with Crippen molar-refractivity contribution in [3.8, 4) is 11.5 Å². The smallest absolute Gasteiger partial charge is 0.305 e. The summed E-state index contributed by atoms with van der Waals surface area (Å²) in [7, 11) is 1.30. The largest absolute Gasteiger partial charge is 0.469 e. The molecule has 1 aliphatic rings. The molecule has 18 heavy (non-hydrogen) atoms. The van der Waals surface area contributed by atoms with Gasteiger partial charge in [0.1, 0.15) is 0 Å². The summed E-state index contributed by atoms with van der Waals surface area (Å²) in [6, 6.07) is 4.12. The average Bonchev–Trinajstić information content (AvgIpc) is 2.77. The van der Waals surface area contributed by atoms with Gasteiger partial charge >= 0.3 is 5.97 Å². The van der Waals surface area contributed by atoms with E-state index in [1.54, 1.807) is 0 Å². The van der Waals surface area contributed by atoms with Crippen LogP contribution in [0.4, 0.5) is 5.69 Å². The molecule has 1 aromatic rings. The Kier molecular flexibility index (Phi) is 3.31. The minimum atomic E-state index is -0.610. The predicted molar refractivity (Wildman–Crippen MR) is 59.4 cm³/mol. The first-order valence-corrected chi connectivity index (χ1v) is 5.28. The number of ether oxygens (including phenoxy) is 3. The summed E-state index contributed by atoms with van der Waals surface area (Å²) in [6.45, 7) is 0. The summed E-state index contributed by atoms with van der Waals surface area (Å²) in [6.07, 6.45) is -0.118. The third-order valence-electron chi connectivity index (χ3n) is 2.47. The van der Waals surface area contributed by atoms with Gasteiger partial charge < -0.3 is 14.2 Å². The minimum Gasteiger partial charge on any atom is -0.469 e. The first-order chi connectivity index (χ1) is 8.60. The van der Waals surface area contributed by atoms with E-state index in [0.717, 1.165) is 0 Å². The fraction of sp³-hybridized carbons (Fsp3) is 0.364. The van der Waals surface area contributed by atoms with Gasteiger partial charge in [0.25, 0.3) is 5.69 Å². The van der Waals surface area contributed by atoms with Crippen molar-refractivity contribution in [3.05, 3.63) is 28.3 Å². The van der Waals surface area contributed by atoms with Crippen LogP contribution in [0.25, 0.3) is 0 Å². The first kappa shape index (κ1) is 12.2. The molecule has 0 N–H and O–H groups in total. The van der Waals surface area contributed by atoms with Crippen molar-refractivity contribution in [1.82, 2.24) is 0 Å². The zero-order valence-corrected chi connectivity index (χ0v) is 9.62. The number of hydrogen-bond donors (Lipinski definition) is 0. The molecule has 1 unspecified atom stereocenters. The molecule has 0 saturated carbocycles. The van der Waals surface area contributed by atoms with Gasteiger partial charge in [-0.2, -0.15) is 0 Å². The van der Waals surface area contributed by atoms with Crippen LogP contribution in [0.15, 0.2) is 18.2 Å². The topological polar surface area (TPSA) is 87.9 Å². The van der Waals surface area contributed by atoms with E-state index in [1.807, 2.05) is 0 Å². The normalized spacial score (nSPS) is 16.4. The summed E-state index contributed by atoms with van der Waals surface area (Å²) < 4.78 is 15.2. The van der Waals surface area contributed by atoms with E-state index >= 15 is 0 Å². The Balaban J connectivity index is 1.99. The lowest BCUT2D eigenvalue weighted by Crippen LogP contribution is -2.19. The van der Waals surface area contributed by atoms with Crippen LogP contribution in [0.5, 0.6) is 11.5 Å². The van der Waals surface area contributed by atoms with Crippen LogP contribution in [-0.2, 0) is 9.53 Å². The molecule has 0 fully saturated rings. The van der Waals surface area contributed by atoms with Gasteiger partial charge in [-0.15, -0.1) is 0 Å². The number of benzene rings is 1. The molecule has 7 heteroatoms. The zero-order valence-electron chi connectivity index (χ0n) is 9.62. The highest BCUT2D eigenvalue weighted by molar-refractivity contribution is 5.69. The molecule has 0 saturated heterocycles. The van der Waals surface area contributed by atoms with Gasteiger partial charge in [0, 0.05) is 12.5 Å². The molecular weight excluding hydrogens is 242 g/mol. The average molecular weight is 253 g/mol. The molecule has 7 nitrogen and oxygen atoms in total. The molecule has 0 spiro atoms. The molecule has 1 atom stereocenters. The number of hydrogen-bond acceptors (Lipinski definition) is 6. The summed E-state index contributed by atoms with van der Waals surface area (Å²) in [4.78, 5) is 21.0. The third kappa shape index (κ3) is 2.50. The Morgan fingerprint density at radius 2 is 2.17 bits per heavy atom. The van der Waals surface area contributed by atoms with E-state index in [-0.39, 0.29) is 18.1 Å². The number of rotatable bonds is 4. The standard InChI is InChI=1S/C11H11NO6/c1-16-10(13)4-5-11-17-8-3-2-7(12(14)15)6-9(8)18-11/h2-3,6,11H,4-5H2,1H3. The number of esters is 1. The SMILES string of the molecule is COC(=O)CCC1Oc2ccc([N+](=O)[O-])cc2O1. The highest BCUT2D eigenvalue weighted by Crippen LogP contribution is 2.38. The van der Waals surface area contributed by atoms with E-state index in [2.05, 4.69) is 4.74 Å². The van der Waals surface area contributed by atoms with Crippen LogP contribution >= 0.6 is 0 Å². The van der Waals surface area contributed by atoms with E-state index < -0.39 is 11.2 Å². The Morgan fingerprint density at radius 3 is 2.83 bits per heavy atom. The Morgan fingerprint density at radius 1 is 1.44 bits per heavy atom. The van der Waals surface area contributed by atoms with Crippen molar-refractivity contribution in [2.24, 2.45) is 0 Å². The molecule has 1 aliphatic heterocycles. The highest BCUT2D eigenvalue weighted by atomic mass is 16.7. The number of carbonyl (C=O) groups is 1. The van der Waals surface area contributed by atoms with Crippen molar-refractivity contribution in [1.29, 1.82) is 0 Å². The van der Waals surface area contributed by atoms with Gasteiger partial charge in [-0.1, -0.05) is 0 Å². The lowest BCUT2D eigenvalue weighted by atomic mass is 10.3. The third-order valence-corrected chi connectivity index (χ3v) is 2.47. The fourth-order valence-corrected chi connectivity index (χ4v) is 1.56. The van der Waals surface area contributed by atoms with Crippen LogP contribution in [0.2, 0.25) is 0 Å². The number of fused-ring (bicyclic) bond motifs is 1. The molecule has 0 aliphatic carbocycles. The van der Waals surface area contributed by atoms with Gasteiger partial charge in [-0.25, -0.2) is 0 Å². The van der Waals surface area contributed by atoms with Gasteiger partial charge in [0.15, 0.2) is 11.5 Å². The molecule has 2 rings (SSSR count). The highest BCUT2D eigenvalue weighted by Gasteiger charge is 2.26. The minimum absolute atomic E-state index is 0.0639. The van der Waals surface area contributed by atoms with Crippen LogP contribution in [0, 0.1) is 10.1 Å². The van der Waals surface area contributed by atoms with Crippen LogP contribution in [0.1, 0.15) is 12.8 Å². The summed E-state index contributed by atoms with van der Waals surface area (Å²) in [5.74, 6) is 0.402. The van der Waals surface area contributed by atoms with Crippen molar-refractivity contribution >= 4 is 11.7 Å². The molecule has 0 radical (unpaired) electrons. The van der Waals surface area contributed by atoms with Crippen LogP contribution in [0.3, 0.4) is 0 Å². The summed E-state index contributed by atoms with van der Waals surface area (Å²) in [5.41, 5.74) is -0.0639. The number of non-ortho nitro benzene ring substituents is 1. The van der Waals surface area contributed by atoms with Crippen molar-refractivity contribution < 1.29 is 23.9 Å². The molecule has 0 bridgehead atoms. The maximum atomic E-state index is 11.0. The van der Waals surface area contributed by atoms with Gasteiger partial charge in [-0.3, -0.25) is 14.9 Å². The number of carbonyl (C=O) groups excluding carboxylic acids is 1. The number of nitrogens with zero attached hydrogens (tertiary/aromatic N) is 1. The lowest BCUT2D eigenvalue weighted by Gasteiger charge is -2.08. The van der Waals surface area contributed by atoms with Crippen molar-refractivity contribution in [3.63, 3.8) is 0 Å².